The maximum Gasteiger partial charge on any atom is 0.0174 e. The van der Waals surface area contributed by atoms with Crippen LogP contribution in [-0.2, 0) is 0 Å². The van der Waals surface area contributed by atoms with Crippen LogP contribution in [0.25, 0.3) is 0 Å². The molecule has 1 heteroatoms. The molecule has 24 heavy (non-hydrogen) atoms. The highest BCUT2D eigenvalue weighted by molar-refractivity contribution is 4.86. The van der Waals surface area contributed by atoms with Gasteiger partial charge in [0.15, 0.2) is 0 Å². The molecule has 0 radical (unpaired) electrons. The lowest BCUT2D eigenvalue weighted by Crippen LogP contribution is -2.44. The van der Waals surface area contributed by atoms with Crippen LogP contribution < -0.4 is 5.73 Å². The minimum absolute atomic E-state index is 0.0799. The van der Waals surface area contributed by atoms with E-state index < -0.39 is 0 Å². The molecule has 0 amide bonds. The van der Waals surface area contributed by atoms with Crippen molar-refractivity contribution in [1.82, 2.24) is 0 Å². The van der Waals surface area contributed by atoms with Gasteiger partial charge in [0, 0.05) is 5.54 Å². The summed E-state index contributed by atoms with van der Waals surface area (Å²) in [6.07, 6.45) is 23.7. The molecule has 0 aromatic rings. The summed E-state index contributed by atoms with van der Waals surface area (Å²) >= 11 is 0. The van der Waals surface area contributed by atoms with Gasteiger partial charge in [-0.1, -0.05) is 118 Å². The summed E-state index contributed by atoms with van der Waals surface area (Å²) in [6, 6.07) is 0. The lowest BCUT2D eigenvalue weighted by molar-refractivity contribution is 0.250. The topological polar surface area (TPSA) is 26.0 Å². The normalized spacial score (nSPS) is 13.4. The van der Waals surface area contributed by atoms with Crippen molar-refractivity contribution in [3.63, 3.8) is 0 Å². The van der Waals surface area contributed by atoms with E-state index in [1.807, 2.05) is 0 Å². The molecular formula is C23H49N. The molecule has 1 nitrogen and oxygen atoms in total. The van der Waals surface area contributed by atoms with Crippen molar-refractivity contribution < 1.29 is 0 Å². The average molecular weight is 340 g/mol. The first kappa shape index (κ1) is 24.0. The second-order valence-corrected chi connectivity index (χ2v) is 8.23. The van der Waals surface area contributed by atoms with E-state index in [-0.39, 0.29) is 5.54 Å². The standard InChI is InChI=1S/C23H49N/c1-5-8-9-10-11-12-13-14-15-16-17-18-19-20-21-22(4)23(24,6-2)7-3/h22H,5-21,24H2,1-4H3. The lowest BCUT2D eigenvalue weighted by Gasteiger charge is -2.33. The molecule has 0 aliphatic carbocycles. The average Bonchev–Trinajstić information content (AvgIpc) is 2.61. The Bertz CT molecular complexity index is 244. The molecule has 0 aromatic carbocycles. The maximum atomic E-state index is 6.49. The summed E-state index contributed by atoms with van der Waals surface area (Å²) in [5.41, 5.74) is 6.57. The Morgan fingerprint density at radius 3 is 1.25 bits per heavy atom. The van der Waals surface area contributed by atoms with Crippen LogP contribution in [-0.4, -0.2) is 5.54 Å². The summed E-state index contributed by atoms with van der Waals surface area (Å²) in [6.45, 7) is 9.13. The van der Waals surface area contributed by atoms with Crippen molar-refractivity contribution in [3.05, 3.63) is 0 Å². The first-order valence-electron chi connectivity index (χ1n) is 11.4. The van der Waals surface area contributed by atoms with Gasteiger partial charge < -0.3 is 5.73 Å². The molecule has 1 unspecified atom stereocenters. The Morgan fingerprint density at radius 1 is 0.583 bits per heavy atom. The number of hydrogen-bond acceptors (Lipinski definition) is 1. The smallest absolute Gasteiger partial charge is 0.0174 e. The van der Waals surface area contributed by atoms with E-state index in [2.05, 4.69) is 27.7 Å². The molecule has 0 aromatic heterocycles. The molecule has 2 N–H and O–H groups in total. The zero-order valence-electron chi connectivity index (χ0n) is 17.7. The predicted octanol–water partition coefficient (Wildman–Crippen LogP) is 8.01. The molecule has 146 valence electrons. The quantitative estimate of drug-likeness (QED) is 0.251. The monoisotopic (exact) mass is 339 g/mol. The highest BCUT2D eigenvalue weighted by atomic mass is 14.7. The van der Waals surface area contributed by atoms with E-state index in [0.29, 0.717) is 5.92 Å². The van der Waals surface area contributed by atoms with E-state index in [0.717, 1.165) is 12.8 Å². The van der Waals surface area contributed by atoms with E-state index in [9.17, 15) is 0 Å². The molecule has 0 bridgehead atoms. The zero-order valence-corrected chi connectivity index (χ0v) is 17.7. The Morgan fingerprint density at radius 2 is 0.917 bits per heavy atom. The number of unbranched alkanes of at least 4 members (excludes halogenated alkanes) is 13. The first-order chi connectivity index (χ1) is 11.6. The van der Waals surface area contributed by atoms with E-state index in [1.165, 1.54) is 96.3 Å². The van der Waals surface area contributed by atoms with Crippen molar-refractivity contribution >= 4 is 0 Å². The van der Waals surface area contributed by atoms with E-state index >= 15 is 0 Å². The highest BCUT2D eigenvalue weighted by Crippen LogP contribution is 2.27. The van der Waals surface area contributed by atoms with Gasteiger partial charge in [-0.25, -0.2) is 0 Å². The second kappa shape index (κ2) is 16.4. The molecule has 0 aliphatic heterocycles. The maximum absolute atomic E-state index is 6.49. The zero-order chi connectivity index (χ0) is 18.1. The SMILES string of the molecule is CCCCCCCCCCCCCCCCC(C)C(N)(CC)CC. The summed E-state index contributed by atoms with van der Waals surface area (Å²) in [4.78, 5) is 0. The molecule has 1 atom stereocenters. The van der Waals surface area contributed by atoms with Crippen LogP contribution in [0, 0.1) is 5.92 Å². The highest BCUT2D eigenvalue weighted by Gasteiger charge is 2.27. The minimum Gasteiger partial charge on any atom is -0.325 e. The van der Waals surface area contributed by atoms with Crippen LogP contribution in [0.3, 0.4) is 0 Å². The summed E-state index contributed by atoms with van der Waals surface area (Å²) in [7, 11) is 0. The fraction of sp³-hybridized carbons (Fsp3) is 1.00. The number of hydrogen-bond donors (Lipinski definition) is 1. The minimum atomic E-state index is 0.0799. The molecule has 0 heterocycles. The number of nitrogens with two attached hydrogens (primary N) is 1. The van der Waals surface area contributed by atoms with Gasteiger partial charge in [0.2, 0.25) is 0 Å². The van der Waals surface area contributed by atoms with Gasteiger partial charge in [0.05, 0.1) is 0 Å². The van der Waals surface area contributed by atoms with Crippen LogP contribution in [0.5, 0.6) is 0 Å². The third-order valence-electron chi connectivity index (χ3n) is 6.29. The predicted molar refractivity (Wildman–Crippen MR) is 112 cm³/mol. The van der Waals surface area contributed by atoms with Crippen molar-refractivity contribution in [2.75, 3.05) is 0 Å². The van der Waals surface area contributed by atoms with Crippen molar-refractivity contribution in [2.24, 2.45) is 11.7 Å². The van der Waals surface area contributed by atoms with Gasteiger partial charge in [-0.15, -0.1) is 0 Å². The Labute approximate surface area is 154 Å². The third kappa shape index (κ3) is 12.3. The van der Waals surface area contributed by atoms with Crippen LogP contribution in [0.2, 0.25) is 0 Å². The van der Waals surface area contributed by atoms with Gasteiger partial charge in [-0.2, -0.15) is 0 Å². The lowest BCUT2D eigenvalue weighted by atomic mass is 9.78. The fourth-order valence-corrected chi connectivity index (χ4v) is 3.88. The summed E-state index contributed by atoms with van der Waals surface area (Å²) < 4.78 is 0. The largest absolute Gasteiger partial charge is 0.325 e. The molecule has 0 saturated heterocycles. The van der Waals surface area contributed by atoms with Gasteiger partial charge in [0.25, 0.3) is 0 Å². The van der Waals surface area contributed by atoms with E-state index in [4.69, 9.17) is 5.73 Å². The van der Waals surface area contributed by atoms with Gasteiger partial charge >= 0.3 is 0 Å². The number of rotatable bonds is 18. The van der Waals surface area contributed by atoms with Gasteiger partial charge in [-0.3, -0.25) is 0 Å². The molecular weight excluding hydrogens is 290 g/mol. The molecule has 0 spiro atoms. The fourth-order valence-electron chi connectivity index (χ4n) is 3.88. The molecule has 0 rings (SSSR count). The van der Waals surface area contributed by atoms with Gasteiger partial charge in [-0.05, 0) is 25.2 Å². The van der Waals surface area contributed by atoms with Crippen molar-refractivity contribution in [2.45, 2.75) is 142 Å². The van der Waals surface area contributed by atoms with Crippen LogP contribution >= 0.6 is 0 Å². The first-order valence-corrected chi connectivity index (χ1v) is 11.4. The van der Waals surface area contributed by atoms with Crippen molar-refractivity contribution in [3.8, 4) is 0 Å². The Kier molecular flexibility index (Phi) is 16.4. The van der Waals surface area contributed by atoms with Crippen LogP contribution in [0.1, 0.15) is 137 Å². The Hall–Kier alpha value is -0.0400. The Balaban J connectivity index is 3.28. The molecule has 0 fully saturated rings. The van der Waals surface area contributed by atoms with Gasteiger partial charge in [0.1, 0.15) is 0 Å². The van der Waals surface area contributed by atoms with Crippen LogP contribution in [0.15, 0.2) is 0 Å². The second-order valence-electron chi connectivity index (χ2n) is 8.23. The summed E-state index contributed by atoms with van der Waals surface area (Å²) in [5.74, 6) is 0.671. The van der Waals surface area contributed by atoms with Crippen molar-refractivity contribution in [1.29, 1.82) is 0 Å². The third-order valence-corrected chi connectivity index (χ3v) is 6.29. The van der Waals surface area contributed by atoms with Crippen LogP contribution in [0.4, 0.5) is 0 Å². The molecule has 0 aliphatic rings. The molecule has 0 saturated carbocycles. The van der Waals surface area contributed by atoms with E-state index in [1.54, 1.807) is 0 Å². The summed E-state index contributed by atoms with van der Waals surface area (Å²) in [5, 5.41) is 0.